The number of nitrogens with zero attached hydrogens (tertiary/aromatic N) is 3. The minimum absolute atomic E-state index is 0.135. The van der Waals surface area contributed by atoms with Gasteiger partial charge in [-0.1, -0.05) is 56.8 Å². The second-order valence-corrected chi connectivity index (χ2v) is 6.91. The molecule has 2 aromatic rings. The van der Waals surface area contributed by atoms with Crippen LogP contribution in [0.2, 0.25) is 0 Å². The molecule has 0 aliphatic rings. The van der Waals surface area contributed by atoms with Crippen LogP contribution in [0.25, 0.3) is 11.4 Å². The molecule has 0 fully saturated rings. The number of nitrogens with two attached hydrogens (primary N) is 1. The summed E-state index contributed by atoms with van der Waals surface area (Å²) >= 11 is 1.53. The van der Waals surface area contributed by atoms with E-state index in [0.717, 1.165) is 11.3 Å². The van der Waals surface area contributed by atoms with E-state index in [1.165, 1.54) is 22.0 Å². The predicted molar refractivity (Wildman–Crippen MR) is 86.9 cm³/mol. The molecule has 0 aliphatic carbocycles. The van der Waals surface area contributed by atoms with E-state index in [1.54, 1.807) is 7.11 Å². The van der Waals surface area contributed by atoms with Crippen LogP contribution in [0, 0.1) is 0 Å². The Balaban J connectivity index is 2.19. The van der Waals surface area contributed by atoms with E-state index < -0.39 is 0 Å². The molecule has 0 unspecified atom stereocenters. The number of rotatable bonds is 5. The highest BCUT2D eigenvalue weighted by atomic mass is 32.2. The van der Waals surface area contributed by atoms with Crippen LogP contribution < -0.4 is 5.84 Å². The molecule has 2 rings (SSSR count). The maximum Gasteiger partial charge on any atom is 0.210 e. The molecule has 5 nitrogen and oxygen atoms in total. The monoisotopic (exact) mass is 306 g/mol. The molecule has 0 saturated heterocycles. The maximum atomic E-state index is 6.07. The standard InChI is InChI=1S/C15H22N4OS/c1-15(2,3)12-7-5-11(6-8-12)13-17-18-14(19(13)16)21-10-9-20-4/h5-8H,9-10,16H2,1-4H3. The van der Waals surface area contributed by atoms with Crippen molar-refractivity contribution in [3.05, 3.63) is 29.8 Å². The highest BCUT2D eigenvalue weighted by Gasteiger charge is 2.15. The van der Waals surface area contributed by atoms with E-state index in [2.05, 4.69) is 43.1 Å². The fraction of sp³-hybridized carbons (Fsp3) is 0.467. The summed E-state index contributed by atoms with van der Waals surface area (Å²) in [4.78, 5) is 0. The third-order valence-corrected chi connectivity index (χ3v) is 4.10. The lowest BCUT2D eigenvalue weighted by atomic mass is 9.87. The largest absolute Gasteiger partial charge is 0.384 e. The Morgan fingerprint density at radius 3 is 2.43 bits per heavy atom. The van der Waals surface area contributed by atoms with Gasteiger partial charge in [0.05, 0.1) is 6.61 Å². The lowest BCUT2D eigenvalue weighted by Crippen LogP contribution is -2.13. The van der Waals surface area contributed by atoms with Crippen LogP contribution >= 0.6 is 11.8 Å². The van der Waals surface area contributed by atoms with Crippen molar-refractivity contribution in [2.75, 3.05) is 25.3 Å². The molecular weight excluding hydrogens is 284 g/mol. The van der Waals surface area contributed by atoms with Gasteiger partial charge >= 0.3 is 0 Å². The highest BCUT2D eigenvalue weighted by molar-refractivity contribution is 7.99. The summed E-state index contributed by atoms with van der Waals surface area (Å²) in [6.07, 6.45) is 0. The minimum Gasteiger partial charge on any atom is -0.384 e. The summed E-state index contributed by atoms with van der Waals surface area (Å²) in [5.74, 6) is 7.55. The average molecular weight is 306 g/mol. The molecule has 0 aliphatic heterocycles. The van der Waals surface area contributed by atoms with Gasteiger partial charge in [-0.15, -0.1) is 10.2 Å². The zero-order chi connectivity index (χ0) is 15.5. The first-order valence-electron chi connectivity index (χ1n) is 6.86. The fourth-order valence-electron chi connectivity index (χ4n) is 1.91. The fourth-order valence-corrected chi connectivity index (χ4v) is 2.66. The molecule has 0 spiro atoms. The first kappa shape index (κ1) is 15.9. The minimum atomic E-state index is 0.135. The molecule has 0 atom stereocenters. The van der Waals surface area contributed by atoms with Crippen molar-refractivity contribution in [1.29, 1.82) is 0 Å². The van der Waals surface area contributed by atoms with Gasteiger partial charge in [0.2, 0.25) is 5.16 Å². The Kier molecular flexibility index (Phi) is 4.90. The number of hydrogen-bond acceptors (Lipinski definition) is 5. The maximum absolute atomic E-state index is 6.07. The summed E-state index contributed by atoms with van der Waals surface area (Å²) in [5.41, 5.74) is 2.39. The summed E-state index contributed by atoms with van der Waals surface area (Å²) in [5, 5.41) is 9.01. The van der Waals surface area contributed by atoms with Crippen LogP contribution in [-0.2, 0) is 10.2 Å². The second-order valence-electron chi connectivity index (χ2n) is 5.84. The lowest BCUT2D eigenvalue weighted by Gasteiger charge is -2.19. The molecule has 21 heavy (non-hydrogen) atoms. The van der Waals surface area contributed by atoms with Crippen LogP contribution in [0.15, 0.2) is 29.4 Å². The van der Waals surface area contributed by atoms with Crippen molar-refractivity contribution in [3.63, 3.8) is 0 Å². The Morgan fingerprint density at radius 1 is 1.19 bits per heavy atom. The highest BCUT2D eigenvalue weighted by Crippen LogP contribution is 2.26. The first-order valence-corrected chi connectivity index (χ1v) is 7.85. The van der Waals surface area contributed by atoms with Gasteiger partial charge in [0.15, 0.2) is 5.82 Å². The Hall–Kier alpha value is -1.53. The van der Waals surface area contributed by atoms with E-state index in [4.69, 9.17) is 10.6 Å². The van der Waals surface area contributed by atoms with Crippen molar-refractivity contribution >= 4 is 11.8 Å². The summed E-state index contributed by atoms with van der Waals surface area (Å²) in [6.45, 7) is 7.24. The molecule has 0 amide bonds. The number of thioether (sulfide) groups is 1. The van der Waals surface area contributed by atoms with Crippen LogP contribution in [-0.4, -0.2) is 34.3 Å². The van der Waals surface area contributed by atoms with Crippen LogP contribution in [0.4, 0.5) is 0 Å². The topological polar surface area (TPSA) is 66.0 Å². The molecule has 2 N–H and O–H groups in total. The van der Waals surface area contributed by atoms with Crippen LogP contribution in [0.3, 0.4) is 0 Å². The SMILES string of the molecule is COCCSc1nnc(-c2ccc(C(C)(C)C)cc2)n1N. The molecule has 1 heterocycles. The second kappa shape index (κ2) is 6.49. The normalized spacial score (nSPS) is 11.8. The third-order valence-electron chi connectivity index (χ3n) is 3.19. The van der Waals surface area contributed by atoms with Crippen molar-refractivity contribution in [3.8, 4) is 11.4 Å². The molecule has 0 bridgehead atoms. The Bertz CT molecular complexity index is 587. The first-order chi connectivity index (χ1) is 9.93. The molecule has 0 saturated carbocycles. The van der Waals surface area contributed by atoms with Gasteiger partial charge in [0, 0.05) is 18.4 Å². The van der Waals surface area contributed by atoms with Crippen molar-refractivity contribution in [1.82, 2.24) is 14.9 Å². The predicted octanol–water partition coefficient (Wildman–Crippen LogP) is 2.69. The van der Waals surface area contributed by atoms with Crippen molar-refractivity contribution in [2.24, 2.45) is 0 Å². The van der Waals surface area contributed by atoms with E-state index in [0.29, 0.717) is 17.6 Å². The summed E-state index contributed by atoms with van der Waals surface area (Å²) in [6, 6.07) is 8.30. The van der Waals surface area contributed by atoms with Crippen molar-refractivity contribution in [2.45, 2.75) is 31.3 Å². The van der Waals surface area contributed by atoms with Gasteiger partial charge in [-0.05, 0) is 11.0 Å². The molecular formula is C15H22N4OS. The van der Waals surface area contributed by atoms with E-state index in [9.17, 15) is 0 Å². The van der Waals surface area contributed by atoms with E-state index in [1.807, 2.05) is 12.1 Å². The van der Waals surface area contributed by atoms with Crippen molar-refractivity contribution < 1.29 is 4.74 Å². The molecule has 6 heteroatoms. The summed E-state index contributed by atoms with van der Waals surface area (Å²) in [7, 11) is 1.68. The number of ether oxygens (including phenoxy) is 1. The Labute approximate surface area is 129 Å². The number of methoxy groups -OCH3 is 1. The average Bonchev–Trinajstić information content (AvgIpc) is 2.80. The lowest BCUT2D eigenvalue weighted by molar-refractivity contribution is 0.218. The van der Waals surface area contributed by atoms with Gasteiger partial charge in [-0.2, -0.15) is 0 Å². The van der Waals surface area contributed by atoms with Gasteiger partial charge in [0.25, 0.3) is 0 Å². The molecule has 0 radical (unpaired) electrons. The summed E-state index contributed by atoms with van der Waals surface area (Å²) < 4.78 is 6.55. The number of aromatic nitrogens is 3. The zero-order valence-electron chi connectivity index (χ0n) is 13.0. The van der Waals surface area contributed by atoms with Gasteiger partial charge in [-0.3, -0.25) is 0 Å². The quantitative estimate of drug-likeness (QED) is 0.522. The molecule has 1 aromatic carbocycles. The number of benzene rings is 1. The van der Waals surface area contributed by atoms with E-state index >= 15 is 0 Å². The third kappa shape index (κ3) is 3.77. The molecule has 114 valence electrons. The van der Waals surface area contributed by atoms with Gasteiger partial charge in [-0.25, -0.2) is 4.68 Å². The number of nitrogen functional groups attached to an aromatic ring is 1. The van der Waals surface area contributed by atoms with Gasteiger partial charge < -0.3 is 10.6 Å². The molecule has 1 aromatic heterocycles. The smallest absolute Gasteiger partial charge is 0.210 e. The Morgan fingerprint density at radius 2 is 1.86 bits per heavy atom. The zero-order valence-corrected chi connectivity index (χ0v) is 13.8. The van der Waals surface area contributed by atoms with E-state index in [-0.39, 0.29) is 5.41 Å². The number of hydrogen-bond donors (Lipinski definition) is 1. The van der Waals surface area contributed by atoms with Crippen LogP contribution in [0.1, 0.15) is 26.3 Å². The van der Waals surface area contributed by atoms with Gasteiger partial charge in [0.1, 0.15) is 0 Å². The van der Waals surface area contributed by atoms with Crippen LogP contribution in [0.5, 0.6) is 0 Å².